The van der Waals surface area contributed by atoms with E-state index in [-0.39, 0.29) is 75.1 Å². The van der Waals surface area contributed by atoms with Gasteiger partial charge in [0, 0.05) is 137 Å². The number of carbonyl (C=O) groups excluding carboxylic acids is 1. The van der Waals surface area contributed by atoms with E-state index in [0.29, 0.717) is 48.8 Å². The molecule has 2 saturated heterocycles. The zero-order valence-corrected chi connectivity index (χ0v) is 70.0. The summed E-state index contributed by atoms with van der Waals surface area (Å²) in [6.45, 7) is 8.30. The van der Waals surface area contributed by atoms with E-state index in [4.69, 9.17) is 13.8 Å². The van der Waals surface area contributed by atoms with Crippen LogP contribution < -0.4 is 23.1 Å². The van der Waals surface area contributed by atoms with Crippen LogP contribution in [0.25, 0.3) is 44.3 Å². The minimum absolute atomic E-state index is 0. The average Bonchev–Trinajstić information content (AvgIpc) is 2.42. The third-order valence-corrected chi connectivity index (χ3v) is 594. The molecule has 0 spiro atoms. The average molecular weight is 2460 g/mol. The Balaban J connectivity index is 0.000000191. The van der Waals surface area contributed by atoms with E-state index >= 15 is 0 Å². The maximum atomic E-state index is 14.6. The zero-order chi connectivity index (χ0) is 61.1. The molecule has 0 amide bonds. The third-order valence-electron chi connectivity index (χ3n) is 15.6. The number of carboxylic acid groups (broad SMARTS) is 1. The number of ether oxygens (including phenoxy) is 1. The Kier molecular flexibility index (Phi) is 28.9. The number of nitrogens with zero attached hydrogens (tertiary/aromatic N) is 8. The molecule has 14 nitrogen and oxygen atoms in total. The summed E-state index contributed by atoms with van der Waals surface area (Å²) in [4.78, 5) is 33.0. The maximum absolute atomic E-state index is 14.6. The van der Waals surface area contributed by atoms with Crippen LogP contribution in [0.4, 0.5) is 28.9 Å². The van der Waals surface area contributed by atoms with Gasteiger partial charge in [-0.3, -0.25) is 9.80 Å². The number of hydrogen-bond donors (Lipinski definition) is 1. The summed E-state index contributed by atoms with van der Waals surface area (Å²) in [6.07, 6.45) is 8.77. The van der Waals surface area contributed by atoms with Gasteiger partial charge in [0.15, 0.2) is 0 Å². The van der Waals surface area contributed by atoms with Crippen LogP contribution in [-0.4, -0.2) is 119 Å². The number of esters is 1. The molecule has 2 saturated carbocycles. The molecule has 0 atom stereocenters. The van der Waals surface area contributed by atoms with Crippen molar-refractivity contribution in [3.05, 3.63) is 142 Å². The first-order valence-corrected chi connectivity index (χ1v) is 89.9. The summed E-state index contributed by atoms with van der Waals surface area (Å²) in [5.41, 5.74) is 6.94. The van der Waals surface area contributed by atoms with Gasteiger partial charge in [0.1, 0.15) is 46.2 Å². The van der Waals surface area contributed by atoms with Gasteiger partial charge in [-0.1, -0.05) is 37.3 Å². The fraction of sp³-hybridized carbons (Fsp3) is 0.390. The van der Waals surface area contributed by atoms with Crippen LogP contribution >= 0.6 is 143 Å². The summed E-state index contributed by atoms with van der Waals surface area (Å²) in [7, 11) is 4.03. The third kappa shape index (κ3) is 17.8. The van der Waals surface area contributed by atoms with E-state index in [1.165, 1.54) is 43.5 Å². The minimum atomic E-state index is -0.925. The van der Waals surface area contributed by atoms with E-state index in [0.717, 1.165) is 147 Å². The fourth-order valence-corrected chi connectivity index (χ4v) is 1060. The molecule has 8 aromatic rings. The molecule has 0 radical (unpaired) electrons. The molecule has 29 heteroatoms. The second-order valence-electron chi connectivity index (χ2n) is 20.9. The quantitative estimate of drug-likeness (QED) is 0.0497. The molecule has 484 valence electrons. The van der Waals surface area contributed by atoms with Gasteiger partial charge in [-0.25, -0.2) is 27.2 Å². The van der Waals surface area contributed by atoms with Crippen molar-refractivity contribution >= 4 is 188 Å². The van der Waals surface area contributed by atoms with Crippen molar-refractivity contribution in [1.29, 1.82) is 0 Å². The number of methoxy groups -OCH3 is 1. The van der Waals surface area contributed by atoms with E-state index in [9.17, 15) is 32.3 Å². The summed E-state index contributed by atoms with van der Waals surface area (Å²) in [5.74, 6) is -1.62. The molecule has 0 unspecified atom stereocenters. The van der Waals surface area contributed by atoms with Gasteiger partial charge in [0.25, 0.3) is 0 Å². The number of carboxylic acids is 1. The fourth-order valence-electron chi connectivity index (χ4n) is 11.0. The molecule has 4 fully saturated rings. The van der Waals surface area contributed by atoms with Gasteiger partial charge < -0.3 is 37.8 Å². The molecule has 12 rings (SSSR count). The predicted molar refractivity (Wildman–Crippen MR) is 430 cm³/mol. The molecule has 2 aliphatic heterocycles. The van der Waals surface area contributed by atoms with E-state index in [1.807, 2.05) is 47.5 Å². The van der Waals surface area contributed by atoms with Crippen LogP contribution in [0.15, 0.2) is 94.2 Å². The van der Waals surface area contributed by atoms with Gasteiger partial charge in [-0.15, -0.1) is 0 Å². The topological polar surface area (TPSA) is 138 Å². The first-order valence-electron chi connectivity index (χ1n) is 27.1. The van der Waals surface area contributed by atoms with Crippen LogP contribution in [-0.2, 0) is 31.7 Å². The zero-order valence-electron chi connectivity index (χ0n) is 46.3. The number of rotatable bonds is 18. The van der Waals surface area contributed by atoms with Gasteiger partial charge in [-0.2, -0.15) is 0 Å². The molecule has 1 N–H and O–H groups in total. The van der Waals surface area contributed by atoms with Gasteiger partial charge in [0.2, 0.25) is 0 Å². The Hall–Kier alpha value is 0.590. The van der Waals surface area contributed by atoms with E-state index in [2.05, 4.69) is 154 Å². The number of piperazine rings is 2. The van der Waals surface area contributed by atoms with Crippen molar-refractivity contribution in [2.24, 2.45) is 14.1 Å². The molecule has 2 aliphatic carbocycles. The first-order chi connectivity index (χ1) is 41.3. The predicted octanol–water partition coefficient (Wildman–Crippen LogP) is 17.3. The molecule has 88 heavy (non-hydrogen) atoms. The Morgan fingerprint density at radius 1 is 0.625 bits per heavy atom. The molecule has 4 aliphatic rings. The van der Waals surface area contributed by atoms with Crippen molar-refractivity contribution in [3.8, 4) is 22.5 Å². The van der Waals surface area contributed by atoms with Gasteiger partial charge in [0.05, 0.1) is 40.4 Å². The monoisotopic (exact) mass is 2450 g/mol. The van der Waals surface area contributed by atoms with Crippen molar-refractivity contribution in [2.75, 3.05) is 82.4 Å². The SMILES string of the molecule is C.C.COC(=O)c1cn(C)c2cc(N3CCN(CCc4c(-c5c(F)cccc5F)noc4C4CC4)CC3)ccc12.Cn1cc(C(=O)O)c2ccc(N3CCN(CCc4c(-c5c(F)cccc5F)noc4C4CC4)CC3)cc21.I[I-]I(I)I(I)I(I)I(I)I. The number of aromatic nitrogens is 4. The second-order valence-corrected chi connectivity index (χ2v) is 232. The van der Waals surface area contributed by atoms with Gasteiger partial charge >= 0.3 is 168 Å². The Bertz CT molecular complexity index is 3680. The van der Waals surface area contributed by atoms with Crippen molar-refractivity contribution < 1.29 is 59.3 Å². The Labute approximate surface area is 592 Å². The van der Waals surface area contributed by atoms with Crippen LogP contribution in [0.2, 0.25) is 0 Å². The summed E-state index contributed by atoms with van der Waals surface area (Å²) >= 11 is 17.8. The first kappa shape index (κ1) is 74.4. The molecule has 0 bridgehead atoms. The molecule has 6 heterocycles. The number of fused-ring (bicyclic) bond motifs is 2. The van der Waals surface area contributed by atoms with Crippen LogP contribution in [0, 0.1) is 23.3 Å². The number of hydrogen-bond acceptors (Lipinski definition) is 11. The molecule has 4 aromatic carbocycles. The van der Waals surface area contributed by atoms with E-state index < -0.39 is 29.2 Å². The summed E-state index contributed by atoms with van der Waals surface area (Å²) in [6, 6.07) is 19.8. The normalized spacial score (nSPS) is 16.1. The molecular formula is C59H66F4I11N8O6-. The van der Waals surface area contributed by atoms with Crippen molar-refractivity contribution in [1.82, 2.24) is 29.2 Å². The summed E-state index contributed by atoms with van der Waals surface area (Å²) < 4.78 is 78.2. The second kappa shape index (κ2) is 34.2. The van der Waals surface area contributed by atoms with Crippen LogP contribution in [0.5, 0.6) is 0 Å². The number of aryl methyl sites for hydroxylation is 2. The van der Waals surface area contributed by atoms with Crippen LogP contribution in [0.1, 0.15) is 95.7 Å². The van der Waals surface area contributed by atoms with Crippen molar-refractivity contribution in [2.45, 2.75) is 65.2 Å². The van der Waals surface area contributed by atoms with E-state index in [1.54, 1.807) is 12.4 Å². The Morgan fingerprint density at radius 2 is 1.02 bits per heavy atom. The standard InChI is InChI=1S/C29H30F2N4O3.C28H28F2N4O3.2CH4.I11/c1-33-17-22(29(36)37-2)20-9-8-19(16-25(20)33)35-14-12-34(13-15-35)11-10-21-27(32-38-28(21)18-6-7-18)26-23(30)4-3-5-24(26)31;1-32-16-21(28(35)36)19-8-7-18(15-24(19)32)34-13-11-33(12-14-34)10-9-20-26(31-37-27(20)17-5-6-17)25-22(29)3-2-4-23(25)30;;;1-7-9(4)11(6)10(5)8(2)3/h3-5,8-9,16-18H,6-7,10-15H2,1-2H3;2-4,7-8,15-17H,5-6,9-14H2,1H3,(H,35,36);2*1H4;/q;;;;-1. The Morgan fingerprint density at radius 3 is 1.39 bits per heavy atom. The van der Waals surface area contributed by atoms with Gasteiger partial charge in [-0.05, 0) is 99.2 Å². The van der Waals surface area contributed by atoms with Crippen LogP contribution in [0.3, 0.4) is 0 Å². The number of anilines is 2. The number of aromatic carboxylic acids is 1. The van der Waals surface area contributed by atoms with Crippen molar-refractivity contribution in [3.63, 3.8) is 0 Å². The number of carbonyl (C=O) groups is 2. The number of benzene rings is 4. The molecule has 4 aromatic heterocycles. The number of halogens is 15. The summed E-state index contributed by atoms with van der Waals surface area (Å²) in [5, 5.41) is 19.3. The molecular weight excluding hydrogens is 2390 g/mol.